The van der Waals surface area contributed by atoms with E-state index >= 15 is 0 Å². The summed E-state index contributed by atoms with van der Waals surface area (Å²) in [7, 11) is 0. The largest absolute Gasteiger partial charge is 0.481 e. The lowest BCUT2D eigenvalue weighted by Crippen LogP contribution is -2.24. The molecule has 0 aliphatic carbocycles. The first-order valence-corrected chi connectivity index (χ1v) is 8.09. The van der Waals surface area contributed by atoms with E-state index in [9.17, 15) is 14.5 Å². The van der Waals surface area contributed by atoms with Gasteiger partial charge in [-0.2, -0.15) is 0 Å². The second kappa shape index (κ2) is 7.76. The van der Waals surface area contributed by atoms with Crippen LogP contribution < -0.4 is 0 Å². The third-order valence-corrected chi connectivity index (χ3v) is 4.25. The SMILES string of the molecule is CCCCP(O)(=S)O[C@@H](CCC(=O)O)C(=O)O. The molecule has 0 aliphatic rings. The predicted octanol–water partition coefficient (Wildman–Crippen LogP) is 1.42. The van der Waals surface area contributed by atoms with Gasteiger partial charge in [-0.3, -0.25) is 4.79 Å². The summed E-state index contributed by atoms with van der Waals surface area (Å²) in [5, 5.41) is 17.3. The second-order valence-corrected chi connectivity index (χ2v) is 7.22. The summed E-state index contributed by atoms with van der Waals surface area (Å²) < 4.78 is 4.97. The number of unbranched alkanes of at least 4 members (excludes halogenated alkanes) is 1. The zero-order valence-corrected chi connectivity index (χ0v) is 11.2. The number of aliphatic carboxylic acids is 2. The Morgan fingerprint density at radius 2 is 2.00 bits per heavy atom. The lowest BCUT2D eigenvalue weighted by molar-refractivity contribution is -0.146. The Hall–Kier alpha value is -0.490. The molecule has 0 aliphatic heterocycles. The molecular formula is C9H17O6PS. The minimum Gasteiger partial charge on any atom is -0.481 e. The molecule has 0 fully saturated rings. The molecule has 17 heavy (non-hydrogen) atoms. The van der Waals surface area contributed by atoms with E-state index in [0.29, 0.717) is 6.42 Å². The molecule has 0 aromatic carbocycles. The first-order chi connectivity index (χ1) is 7.78. The average Bonchev–Trinajstić information content (AvgIpc) is 2.20. The maximum Gasteiger partial charge on any atom is 0.333 e. The van der Waals surface area contributed by atoms with Crippen LogP contribution in [0.15, 0.2) is 0 Å². The van der Waals surface area contributed by atoms with Crippen molar-refractivity contribution in [2.75, 3.05) is 6.16 Å². The van der Waals surface area contributed by atoms with Crippen LogP contribution in [0.25, 0.3) is 0 Å². The smallest absolute Gasteiger partial charge is 0.333 e. The molecule has 3 N–H and O–H groups in total. The van der Waals surface area contributed by atoms with Gasteiger partial charge in [-0.05, 0) is 24.6 Å². The Balaban J connectivity index is 4.37. The topological polar surface area (TPSA) is 104 Å². The van der Waals surface area contributed by atoms with Crippen LogP contribution in [0.3, 0.4) is 0 Å². The fraction of sp³-hybridized carbons (Fsp3) is 0.778. The average molecular weight is 284 g/mol. The highest BCUT2D eigenvalue weighted by Gasteiger charge is 2.26. The van der Waals surface area contributed by atoms with Gasteiger partial charge in [-0.15, -0.1) is 0 Å². The lowest BCUT2D eigenvalue weighted by atomic mass is 10.2. The number of hydrogen-bond donors (Lipinski definition) is 3. The highest BCUT2D eigenvalue weighted by Crippen LogP contribution is 2.45. The van der Waals surface area contributed by atoms with E-state index in [1.165, 1.54) is 0 Å². The number of carboxylic acid groups (broad SMARTS) is 2. The molecule has 0 bridgehead atoms. The standard InChI is InChI=1S/C9H17O6PS/c1-2-3-6-16(14,17)15-7(9(12)13)4-5-8(10)11/h7H,2-6H2,1H3,(H,10,11)(H,12,13)(H,14,17)/t7-,16?/m0/s1. The van der Waals surface area contributed by atoms with Gasteiger partial charge in [0, 0.05) is 12.6 Å². The van der Waals surface area contributed by atoms with Crippen molar-refractivity contribution in [1.29, 1.82) is 0 Å². The molecule has 0 rings (SSSR count). The van der Waals surface area contributed by atoms with E-state index in [-0.39, 0.29) is 19.0 Å². The van der Waals surface area contributed by atoms with Crippen molar-refractivity contribution in [3.8, 4) is 0 Å². The maximum absolute atomic E-state index is 10.8. The number of rotatable bonds is 9. The van der Waals surface area contributed by atoms with Crippen LogP contribution in [0.4, 0.5) is 0 Å². The van der Waals surface area contributed by atoms with Crippen molar-refractivity contribution in [3.63, 3.8) is 0 Å². The second-order valence-electron chi connectivity index (χ2n) is 3.58. The van der Waals surface area contributed by atoms with Crippen molar-refractivity contribution >= 4 is 30.2 Å². The van der Waals surface area contributed by atoms with Crippen LogP contribution in [-0.4, -0.2) is 39.3 Å². The summed E-state index contributed by atoms with van der Waals surface area (Å²) in [6.45, 7) is -1.21. The van der Waals surface area contributed by atoms with Gasteiger partial charge in [0.25, 0.3) is 0 Å². The van der Waals surface area contributed by atoms with Gasteiger partial charge in [0.15, 0.2) is 12.6 Å². The molecule has 0 spiro atoms. The number of carboxylic acids is 2. The zero-order valence-electron chi connectivity index (χ0n) is 9.53. The van der Waals surface area contributed by atoms with Gasteiger partial charge in [-0.25, -0.2) is 4.79 Å². The molecule has 6 nitrogen and oxygen atoms in total. The number of carbonyl (C=O) groups is 2. The molecular weight excluding hydrogens is 267 g/mol. The highest BCUT2D eigenvalue weighted by molar-refractivity contribution is 8.09. The van der Waals surface area contributed by atoms with E-state index in [0.717, 1.165) is 6.42 Å². The minimum absolute atomic E-state index is 0.199. The fourth-order valence-electron chi connectivity index (χ4n) is 1.09. The summed E-state index contributed by atoms with van der Waals surface area (Å²) in [4.78, 5) is 30.9. The van der Waals surface area contributed by atoms with Gasteiger partial charge >= 0.3 is 11.9 Å². The van der Waals surface area contributed by atoms with Crippen LogP contribution in [0.1, 0.15) is 32.6 Å². The Labute approximate surface area is 105 Å². The van der Waals surface area contributed by atoms with E-state index in [1.54, 1.807) is 0 Å². The summed E-state index contributed by atoms with van der Waals surface area (Å²) in [6.07, 6.45) is -0.168. The Morgan fingerprint density at radius 1 is 1.41 bits per heavy atom. The van der Waals surface area contributed by atoms with Crippen molar-refractivity contribution < 1.29 is 29.2 Å². The third-order valence-electron chi connectivity index (χ3n) is 1.98. The van der Waals surface area contributed by atoms with E-state index in [4.69, 9.17) is 26.5 Å². The van der Waals surface area contributed by atoms with Crippen LogP contribution in [0, 0.1) is 0 Å². The molecule has 0 saturated carbocycles. The maximum atomic E-state index is 10.8. The Bertz CT molecular complexity index is 319. The molecule has 2 atom stereocenters. The van der Waals surface area contributed by atoms with E-state index in [1.807, 2.05) is 6.92 Å². The molecule has 0 aromatic rings. The summed E-state index contributed by atoms with van der Waals surface area (Å²) in [5.74, 6) is -2.41. The first kappa shape index (κ1) is 16.5. The Morgan fingerprint density at radius 3 is 2.41 bits per heavy atom. The van der Waals surface area contributed by atoms with Gasteiger partial charge in [0.1, 0.15) is 0 Å². The third kappa shape index (κ3) is 8.26. The molecule has 1 unspecified atom stereocenters. The lowest BCUT2D eigenvalue weighted by Gasteiger charge is -2.20. The molecule has 0 heterocycles. The minimum atomic E-state index is -3.12. The molecule has 0 saturated heterocycles. The molecule has 8 heteroatoms. The molecule has 0 radical (unpaired) electrons. The summed E-state index contributed by atoms with van der Waals surface area (Å²) in [5.41, 5.74) is 0. The molecule has 100 valence electrons. The van der Waals surface area contributed by atoms with E-state index in [2.05, 4.69) is 0 Å². The van der Waals surface area contributed by atoms with Crippen LogP contribution in [-0.2, 0) is 25.9 Å². The normalized spacial score (nSPS) is 16.1. The molecule has 0 amide bonds. The van der Waals surface area contributed by atoms with Gasteiger partial charge in [0.2, 0.25) is 0 Å². The summed E-state index contributed by atoms with van der Waals surface area (Å²) >= 11 is 4.82. The van der Waals surface area contributed by atoms with Crippen LogP contribution in [0.2, 0.25) is 0 Å². The van der Waals surface area contributed by atoms with E-state index < -0.39 is 24.5 Å². The quantitative estimate of drug-likeness (QED) is 0.550. The first-order valence-electron chi connectivity index (χ1n) is 5.23. The fourth-order valence-corrected chi connectivity index (χ4v) is 3.20. The zero-order chi connectivity index (χ0) is 13.5. The van der Waals surface area contributed by atoms with Gasteiger partial charge in [0.05, 0.1) is 0 Å². The van der Waals surface area contributed by atoms with Crippen LogP contribution >= 0.6 is 6.49 Å². The van der Waals surface area contributed by atoms with Gasteiger partial charge in [-0.1, -0.05) is 13.3 Å². The van der Waals surface area contributed by atoms with Crippen molar-refractivity contribution in [1.82, 2.24) is 0 Å². The number of hydrogen-bond acceptors (Lipinski definition) is 4. The van der Waals surface area contributed by atoms with Crippen molar-refractivity contribution in [2.45, 2.75) is 38.7 Å². The van der Waals surface area contributed by atoms with Crippen molar-refractivity contribution in [3.05, 3.63) is 0 Å². The Kier molecular flexibility index (Phi) is 7.54. The monoisotopic (exact) mass is 284 g/mol. The highest BCUT2D eigenvalue weighted by atomic mass is 32.5. The van der Waals surface area contributed by atoms with Gasteiger partial charge < -0.3 is 19.6 Å². The predicted molar refractivity (Wildman–Crippen MR) is 65.7 cm³/mol. The summed E-state index contributed by atoms with van der Waals surface area (Å²) in [6, 6.07) is 0. The molecule has 0 aromatic heterocycles. The van der Waals surface area contributed by atoms with Crippen molar-refractivity contribution in [2.24, 2.45) is 0 Å². The van der Waals surface area contributed by atoms with Crippen LogP contribution in [0.5, 0.6) is 0 Å².